The van der Waals surface area contributed by atoms with Gasteiger partial charge in [-0.3, -0.25) is 0 Å². The molecular formula is C25H44O10. The van der Waals surface area contributed by atoms with Gasteiger partial charge in [0.15, 0.2) is 0 Å². The molecule has 2 rings (SSSR count). The van der Waals surface area contributed by atoms with Crippen LogP contribution in [0.4, 0.5) is 0 Å². The van der Waals surface area contributed by atoms with Crippen molar-refractivity contribution in [3.8, 4) is 0 Å². The zero-order chi connectivity index (χ0) is 25.1. The van der Waals surface area contributed by atoms with Gasteiger partial charge in [0.1, 0.15) is 25.4 Å². The van der Waals surface area contributed by atoms with Crippen LogP contribution < -0.4 is 0 Å². The molecule has 0 amide bonds. The minimum absolute atomic E-state index is 0.164. The van der Waals surface area contributed by atoms with Gasteiger partial charge >= 0.3 is 11.9 Å². The van der Waals surface area contributed by atoms with Crippen molar-refractivity contribution in [2.24, 2.45) is 11.8 Å². The monoisotopic (exact) mass is 504 g/mol. The summed E-state index contributed by atoms with van der Waals surface area (Å²) in [5.41, 5.74) is 0. The fourth-order valence-corrected chi connectivity index (χ4v) is 3.24. The Kier molecular flexibility index (Phi) is 16.2. The first-order chi connectivity index (χ1) is 17.0. The fraction of sp³-hybridized carbons (Fsp3) is 0.920. The van der Waals surface area contributed by atoms with Crippen molar-refractivity contribution in [1.29, 1.82) is 0 Å². The zero-order valence-electron chi connectivity index (χ0n) is 21.4. The Morgan fingerprint density at radius 1 is 0.686 bits per heavy atom. The third kappa shape index (κ3) is 18.6. The van der Waals surface area contributed by atoms with Gasteiger partial charge in [-0.25, -0.2) is 9.59 Å². The molecule has 4 unspecified atom stereocenters. The number of carbonyl (C=O) groups is 2. The highest BCUT2D eigenvalue weighted by atomic mass is 16.7. The molecule has 0 radical (unpaired) electrons. The summed E-state index contributed by atoms with van der Waals surface area (Å²) in [6, 6.07) is 0. The number of carbonyl (C=O) groups excluding carboxylic acids is 2. The molecule has 0 bridgehead atoms. The summed E-state index contributed by atoms with van der Waals surface area (Å²) in [6.07, 6.45) is 6.41. The summed E-state index contributed by atoms with van der Waals surface area (Å²) in [4.78, 5) is 23.3. The lowest BCUT2D eigenvalue weighted by Crippen LogP contribution is -2.20. The van der Waals surface area contributed by atoms with E-state index in [1.807, 2.05) is 0 Å². The summed E-state index contributed by atoms with van der Waals surface area (Å²) in [7, 11) is 0. The van der Waals surface area contributed by atoms with Crippen LogP contribution in [0.5, 0.6) is 0 Å². The van der Waals surface area contributed by atoms with E-state index in [1.54, 1.807) is 0 Å². The van der Waals surface area contributed by atoms with Gasteiger partial charge in [-0.1, -0.05) is 13.8 Å². The molecule has 0 N–H and O–H groups in total. The van der Waals surface area contributed by atoms with Crippen molar-refractivity contribution in [3.63, 3.8) is 0 Å². The summed E-state index contributed by atoms with van der Waals surface area (Å²) in [5, 5.41) is 0. The molecule has 0 aliphatic carbocycles. The highest BCUT2D eigenvalue weighted by Crippen LogP contribution is 2.13. The first kappa shape index (κ1) is 29.9. The van der Waals surface area contributed by atoms with Gasteiger partial charge in [0, 0.05) is 26.4 Å². The minimum atomic E-state index is -0.565. The van der Waals surface area contributed by atoms with Gasteiger partial charge in [0.05, 0.1) is 26.4 Å². The summed E-state index contributed by atoms with van der Waals surface area (Å²) >= 11 is 0. The SMILES string of the molecule is CC(CCCOCC1CO1)CCOCC(=O)OCOC(=O)COCCC(C)CCCOCC1CO1. The molecule has 2 aliphatic rings. The van der Waals surface area contributed by atoms with Gasteiger partial charge in [-0.15, -0.1) is 0 Å². The maximum atomic E-state index is 11.7. The molecule has 10 nitrogen and oxygen atoms in total. The van der Waals surface area contributed by atoms with Crippen molar-refractivity contribution in [2.75, 3.05) is 72.9 Å². The van der Waals surface area contributed by atoms with E-state index in [9.17, 15) is 9.59 Å². The molecule has 4 atom stereocenters. The smallest absolute Gasteiger partial charge is 0.334 e. The molecule has 0 spiro atoms. The quantitative estimate of drug-likeness (QED) is 0.0840. The van der Waals surface area contributed by atoms with E-state index in [2.05, 4.69) is 13.8 Å². The summed E-state index contributed by atoms with van der Waals surface area (Å²) < 4.78 is 41.6. The third-order valence-electron chi connectivity index (χ3n) is 5.77. The lowest BCUT2D eigenvalue weighted by molar-refractivity contribution is -0.173. The second kappa shape index (κ2) is 18.9. The number of rotatable bonds is 24. The van der Waals surface area contributed by atoms with Crippen molar-refractivity contribution in [1.82, 2.24) is 0 Å². The van der Waals surface area contributed by atoms with Crippen molar-refractivity contribution in [2.45, 2.75) is 64.6 Å². The fourth-order valence-electron chi connectivity index (χ4n) is 3.24. The first-order valence-corrected chi connectivity index (χ1v) is 12.9. The topological polar surface area (TPSA) is 115 Å². The Hall–Kier alpha value is -1.30. The highest BCUT2D eigenvalue weighted by molar-refractivity contribution is 5.72. The number of hydrogen-bond acceptors (Lipinski definition) is 10. The molecule has 204 valence electrons. The number of ether oxygens (including phenoxy) is 8. The molecule has 0 aromatic rings. The molecule has 35 heavy (non-hydrogen) atoms. The molecule has 0 aromatic carbocycles. The molecule has 0 saturated carbocycles. The Morgan fingerprint density at radius 3 is 1.51 bits per heavy atom. The Balaban J connectivity index is 1.29. The van der Waals surface area contributed by atoms with Crippen LogP contribution in [0.15, 0.2) is 0 Å². The molecule has 2 aliphatic heterocycles. The zero-order valence-corrected chi connectivity index (χ0v) is 21.4. The Morgan fingerprint density at radius 2 is 1.11 bits per heavy atom. The van der Waals surface area contributed by atoms with Crippen LogP contribution in [0, 0.1) is 11.8 Å². The molecule has 2 heterocycles. The molecule has 10 heteroatoms. The predicted molar refractivity (Wildman–Crippen MR) is 126 cm³/mol. The van der Waals surface area contributed by atoms with Gasteiger partial charge in [0.25, 0.3) is 0 Å². The second-order valence-electron chi connectivity index (χ2n) is 9.39. The van der Waals surface area contributed by atoms with Crippen molar-refractivity contribution in [3.05, 3.63) is 0 Å². The van der Waals surface area contributed by atoms with Crippen LogP contribution in [0.25, 0.3) is 0 Å². The van der Waals surface area contributed by atoms with Gasteiger partial charge in [0.2, 0.25) is 6.79 Å². The Labute approximate surface area is 209 Å². The average molecular weight is 505 g/mol. The lowest BCUT2D eigenvalue weighted by Gasteiger charge is -2.12. The van der Waals surface area contributed by atoms with E-state index in [-0.39, 0.29) is 13.2 Å². The standard InChI is InChI=1S/C25H44O10/c1-20(5-3-9-28-13-22-15-32-22)7-11-30-17-24(26)34-19-35-25(27)18-31-12-8-21(2)6-4-10-29-14-23-16-33-23/h20-23H,3-19H2,1-2H3. The number of epoxide rings is 2. The van der Waals surface area contributed by atoms with E-state index < -0.39 is 18.7 Å². The third-order valence-corrected chi connectivity index (χ3v) is 5.77. The maximum Gasteiger partial charge on any atom is 0.334 e. The van der Waals surface area contributed by atoms with E-state index >= 15 is 0 Å². The number of hydrogen-bond donors (Lipinski definition) is 0. The summed E-state index contributed by atoms with van der Waals surface area (Å²) in [6.45, 7) is 8.99. The number of esters is 2. The van der Waals surface area contributed by atoms with E-state index in [0.29, 0.717) is 50.5 Å². The molecule has 2 fully saturated rings. The lowest BCUT2D eigenvalue weighted by atomic mass is 10.0. The van der Waals surface area contributed by atoms with Gasteiger partial charge in [-0.05, 0) is 50.4 Å². The van der Waals surface area contributed by atoms with E-state index in [4.69, 9.17) is 37.9 Å². The normalized spacial score (nSPS) is 20.3. The summed E-state index contributed by atoms with van der Waals surface area (Å²) in [5.74, 6) is -0.163. The first-order valence-electron chi connectivity index (χ1n) is 12.9. The largest absolute Gasteiger partial charge is 0.426 e. The molecular weight excluding hydrogens is 460 g/mol. The highest BCUT2D eigenvalue weighted by Gasteiger charge is 2.22. The van der Waals surface area contributed by atoms with Crippen LogP contribution in [0.1, 0.15) is 52.4 Å². The van der Waals surface area contributed by atoms with E-state index in [0.717, 1.165) is 65.0 Å². The van der Waals surface area contributed by atoms with Gasteiger partial charge in [-0.2, -0.15) is 0 Å². The molecule has 0 aromatic heterocycles. The predicted octanol–water partition coefficient (Wildman–Crippen LogP) is 2.51. The van der Waals surface area contributed by atoms with Crippen molar-refractivity contribution < 1.29 is 47.5 Å². The van der Waals surface area contributed by atoms with Crippen LogP contribution >= 0.6 is 0 Å². The van der Waals surface area contributed by atoms with Crippen molar-refractivity contribution >= 4 is 11.9 Å². The van der Waals surface area contributed by atoms with Gasteiger partial charge < -0.3 is 37.9 Å². The Bertz CT molecular complexity index is 516. The van der Waals surface area contributed by atoms with Crippen LogP contribution in [0.3, 0.4) is 0 Å². The van der Waals surface area contributed by atoms with Crippen LogP contribution in [0.2, 0.25) is 0 Å². The van der Waals surface area contributed by atoms with E-state index in [1.165, 1.54) is 0 Å². The van der Waals surface area contributed by atoms with Crippen LogP contribution in [-0.2, 0) is 47.5 Å². The maximum absolute atomic E-state index is 11.7. The van der Waals surface area contributed by atoms with Crippen LogP contribution in [-0.4, -0.2) is 97.0 Å². The average Bonchev–Trinajstić information content (AvgIpc) is 3.75. The second-order valence-corrected chi connectivity index (χ2v) is 9.39. The molecule has 2 saturated heterocycles. The minimum Gasteiger partial charge on any atom is -0.426 e.